The van der Waals surface area contributed by atoms with Gasteiger partial charge in [0.05, 0.1) is 19.8 Å². The molecule has 2 N–H and O–H groups in total. The van der Waals surface area contributed by atoms with E-state index in [0.717, 1.165) is 0 Å². The minimum atomic E-state index is -0.352. The second-order valence-corrected chi connectivity index (χ2v) is 4.68. The zero-order chi connectivity index (χ0) is 16.8. The summed E-state index contributed by atoms with van der Waals surface area (Å²) in [6.45, 7) is 0. The standard InChI is InChI=1S/C17H18N2O4/c1-18-16(20)11-5-4-6-12(9-11)19-17(21)14-10-13(22-2)7-8-15(14)23-3/h4-10H,1-3H3,(H,18,20)(H,19,21). The maximum absolute atomic E-state index is 12.5. The highest BCUT2D eigenvalue weighted by molar-refractivity contribution is 6.07. The Balaban J connectivity index is 2.27. The number of rotatable bonds is 5. The lowest BCUT2D eigenvalue weighted by Crippen LogP contribution is -2.18. The predicted octanol–water partition coefficient (Wildman–Crippen LogP) is 2.32. The average Bonchev–Trinajstić information content (AvgIpc) is 2.60. The molecule has 2 amide bonds. The molecule has 0 bridgehead atoms. The van der Waals surface area contributed by atoms with Gasteiger partial charge in [-0.1, -0.05) is 6.07 Å². The molecule has 2 aromatic carbocycles. The van der Waals surface area contributed by atoms with Crippen molar-refractivity contribution < 1.29 is 19.1 Å². The molecule has 2 aromatic rings. The van der Waals surface area contributed by atoms with E-state index in [1.165, 1.54) is 14.2 Å². The van der Waals surface area contributed by atoms with E-state index in [9.17, 15) is 9.59 Å². The molecule has 6 nitrogen and oxygen atoms in total. The van der Waals surface area contributed by atoms with Crippen LogP contribution in [-0.4, -0.2) is 33.1 Å². The Labute approximate surface area is 134 Å². The lowest BCUT2D eigenvalue weighted by Gasteiger charge is -2.11. The molecule has 0 saturated heterocycles. The van der Waals surface area contributed by atoms with Crippen molar-refractivity contribution in [2.75, 3.05) is 26.6 Å². The Bertz CT molecular complexity index is 728. The van der Waals surface area contributed by atoms with Crippen LogP contribution >= 0.6 is 0 Å². The van der Waals surface area contributed by atoms with Crippen molar-refractivity contribution >= 4 is 17.5 Å². The van der Waals surface area contributed by atoms with Crippen LogP contribution in [0.5, 0.6) is 11.5 Å². The Morgan fingerprint density at radius 2 is 1.74 bits per heavy atom. The lowest BCUT2D eigenvalue weighted by atomic mass is 10.1. The van der Waals surface area contributed by atoms with E-state index in [1.807, 2.05) is 0 Å². The van der Waals surface area contributed by atoms with Gasteiger partial charge in [0.25, 0.3) is 11.8 Å². The molecular formula is C17H18N2O4. The van der Waals surface area contributed by atoms with Crippen molar-refractivity contribution in [3.05, 3.63) is 53.6 Å². The topological polar surface area (TPSA) is 76.7 Å². The average molecular weight is 314 g/mol. The molecule has 23 heavy (non-hydrogen) atoms. The fraction of sp³-hybridized carbons (Fsp3) is 0.176. The minimum Gasteiger partial charge on any atom is -0.497 e. The van der Waals surface area contributed by atoms with Crippen LogP contribution in [0.15, 0.2) is 42.5 Å². The number of carbonyl (C=O) groups excluding carboxylic acids is 2. The number of benzene rings is 2. The fourth-order valence-corrected chi connectivity index (χ4v) is 2.07. The summed E-state index contributed by atoms with van der Waals surface area (Å²) in [5.41, 5.74) is 1.32. The summed E-state index contributed by atoms with van der Waals surface area (Å²) in [6, 6.07) is 11.6. The fourth-order valence-electron chi connectivity index (χ4n) is 2.07. The molecule has 120 valence electrons. The predicted molar refractivity (Wildman–Crippen MR) is 87.3 cm³/mol. The molecule has 0 unspecified atom stereocenters. The molecule has 2 rings (SSSR count). The number of amides is 2. The van der Waals surface area contributed by atoms with Crippen molar-refractivity contribution in [3.63, 3.8) is 0 Å². The quantitative estimate of drug-likeness (QED) is 0.888. The van der Waals surface area contributed by atoms with Gasteiger partial charge in [-0.3, -0.25) is 9.59 Å². The van der Waals surface area contributed by atoms with Crippen LogP contribution in [0, 0.1) is 0 Å². The monoisotopic (exact) mass is 314 g/mol. The summed E-state index contributed by atoms with van der Waals surface area (Å²) in [6.07, 6.45) is 0. The van der Waals surface area contributed by atoms with Gasteiger partial charge in [0, 0.05) is 18.3 Å². The van der Waals surface area contributed by atoms with Gasteiger partial charge < -0.3 is 20.1 Å². The number of ether oxygens (including phenoxy) is 2. The van der Waals surface area contributed by atoms with Gasteiger partial charge in [-0.2, -0.15) is 0 Å². The molecule has 0 atom stereocenters. The first-order valence-electron chi connectivity index (χ1n) is 6.94. The van der Waals surface area contributed by atoms with E-state index in [4.69, 9.17) is 9.47 Å². The largest absolute Gasteiger partial charge is 0.497 e. The number of hydrogen-bond donors (Lipinski definition) is 2. The Hall–Kier alpha value is -3.02. The summed E-state index contributed by atoms with van der Waals surface area (Å²) >= 11 is 0. The second-order valence-electron chi connectivity index (χ2n) is 4.68. The number of hydrogen-bond acceptors (Lipinski definition) is 4. The second kappa shape index (κ2) is 7.31. The normalized spacial score (nSPS) is 9.87. The smallest absolute Gasteiger partial charge is 0.259 e. The zero-order valence-electron chi connectivity index (χ0n) is 13.2. The van der Waals surface area contributed by atoms with Crippen molar-refractivity contribution in [3.8, 4) is 11.5 Å². The van der Waals surface area contributed by atoms with Crippen LogP contribution in [-0.2, 0) is 0 Å². The molecule has 0 spiro atoms. The van der Waals surface area contributed by atoms with E-state index in [-0.39, 0.29) is 11.8 Å². The molecule has 0 fully saturated rings. The summed E-state index contributed by atoms with van der Waals surface area (Å²) < 4.78 is 10.3. The van der Waals surface area contributed by atoms with Gasteiger partial charge in [-0.15, -0.1) is 0 Å². The van der Waals surface area contributed by atoms with E-state index in [1.54, 1.807) is 49.5 Å². The number of nitrogens with one attached hydrogen (secondary N) is 2. The van der Waals surface area contributed by atoms with Crippen molar-refractivity contribution in [1.82, 2.24) is 5.32 Å². The molecule has 0 aliphatic heterocycles. The van der Waals surface area contributed by atoms with E-state index >= 15 is 0 Å². The summed E-state index contributed by atoms with van der Waals surface area (Å²) in [7, 11) is 4.57. The van der Waals surface area contributed by atoms with Crippen LogP contribution in [0.2, 0.25) is 0 Å². The highest BCUT2D eigenvalue weighted by atomic mass is 16.5. The molecule has 0 aliphatic carbocycles. The Morgan fingerprint density at radius 1 is 0.957 bits per heavy atom. The summed E-state index contributed by atoms with van der Waals surface area (Å²) in [5.74, 6) is 0.413. The Morgan fingerprint density at radius 3 is 2.39 bits per heavy atom. The number of carbonyl (C=O) groups is 2. The Kier molecular flexibility index (Phi) is 5.19. The van der Waals surface area contributed by atoms with E-state index < -0.39 is 0 Å². The van der Waals surface area contributed by atoms with Crippen molar-refractivity contribution in [1.29, 1.82) is 0 Å². The first-order chi connectivity index (χ1) is 11.1. The van der Waals surface area contributed by atoms with Crippen LogP contribution < -0.4 is 20.1 Å². The van der Waals surface area contributed by atoms with Crippen LogP contribution in [0.25, 0.3) is 0 Å². The van der Waals surface area contributed by atoms with Crippen LogP contribution in [0.1, 0.15) is 20.7 Å². The maximum Gasteiger partial charge on any atom is 0.259 e. The van der Waals surface area contributed by atoms with Crippen LogP contribution in [0.3, 0.4) is 0 Å². The molecule has 0 saturated carbocycles. The van der Waals surface area contributed by atoms with Gasteiger partial charge in [0.15, 0.2) is 0 Å². The van der Waals surface area contributed by atoms with Gasteiger partial charge in [-0.25, -0.2) is 0 Å². The van der Waals surface area contributed by atoms with Gasteiger partial charge in [-0.05, 0) is 36.4 Å². The lowest BCUT2D eigenvalue weighted by molar-refractivity contribution is 0.0961. The van der Waals surface area contributed by atoms with Crippen molar-refractivity contribution in [2.45, 2.75) is 0 Å². The minimum absolute atomic E-state index is 0.222. The molecule has 0 heterocycles. The van der Waals surface area contributed by atoms with Gasteiger partial charge in [0.1, 0.15) is 11.5 Å². The highest BCUT2D eigenvalue weighted by Crippen LogP contribution is 2.25. The zero-order valence-corrected chi connectivity index (χ0v) is 13.2. The maximum atomic E-state index is 12.5. The third-order valence-electron chi connectivity index (χ3n) is 3.26. The van der Waals surface area contributed by atoms with Crippen LogP contribution in [0.4, 0.5) is 5.69 Å². The molecule has 0 aliphatic rings. The van der Waals surface area contributed by atoms with Crippen molar-refractivity contribution in [2.24, 2.45) is 0 Å². The molecular weight excluding hydrogens is 296 g/mol. The molecule has 0 aromatic heterocycles. The van der Waals surface area contributed by atoms with E-state index in [0.29, 0.717) is 28.3 Å². The third-order valence-corrected chi connectivity index (χ3v) is 3.26. The van der Waals surface area contributed by atoms with Gasteiger partial charge in [0.2, 0.25) is 0 Å². The number of methoxy groups -OCH3 is 2. The summed E-state index contributed by atoms with van der Waals surface area (Å²) in [4.78, 5) is 24.1. The highest BCUT2D eigenvalue weighted by Gasteiger charge is 2.14. The summed E-state index contributed by atoms with van der Waals surface area (Å²) in [5, 5.41) is 5.29. The first kappa shape index (κ1) is 16.4. The molecule has 6 heteroatoms. The molecule has 0 radical (unpaired) electrons. The van der Waals surface area contributed by atoms with Gasteiger partial charge >= 0.3 is 0 Å². The SMILES string of the molecule is CNC(=O)c1cccc(NC(=O)c2cc(OC)ccc2OC)c1. The third kappa shape index (κ3) is 3.79. The first-order valence-corrected chi connectivity index (χ1v) is 6.94. The number of anilines is 1. The van der Waals surface area contributed by atoms with E-state index in [2.05, 4.69) is 10.6 Å².